The molecular weight excluding hydrogens is 214 g/mol. The maximum Gasteiger partial charge on any atom is 0.243 e. The highest BCUT2D eigenvalue weighted by molar-refractivity contribution is 5.86. The average molecular weight is 235 g/mol. The molecule has 0 heterocycles. The van der Waals surface area contributed by atoms with E-state index in [-0.39, 0.29) is 5.91 Å². The van der Waals surface area contributed by atoms with E-state index < -0.39 is 5.54 Å². The molecular formula is C13H21N3O. The fraction of sp³-hybridized carbons (Fsp3) is 0.462. The van der Waals surface area contributed by atoms with Crippen molar-refractivity contribution < 1.29 is 4.79 Å². The molecule has 0 aliphatic heterocycles. The molecule has 17 heavy (non-hydrogen) atoms. The third kappa shape index (κ3) is 2.84. The minimum Gasteiger partial charge on any atom is -0.368 e. The summed E-state index contributed by atoms with van der Waals surface area (Å²) >= 11 is 0. The van der Waals surface area contributed by atoms with Crippen LogP contribution in [0.1, 0.15) is 12.5 Å². The van der Waals surface area contributed by atoms with Crippen molar-refractivity contribution in [2.75, 3.05) is 27.2 Å². The summed E-state index contributed by atoms with van der Waals surface area (Å²) in [7, 11) is 3.74. The summed E-state index contributed by atoms with van der Waals surface area (Å²) < 4.78 is 0. The number of rotatable bonds is 6. The van der Waals surface area contributed by atoms with Crippen molar-refractivity contribution in [3.63, 3.8) is 0 Å². The van der Waals surface area contributed by atoms with E-state index in [2.05, 4.69) is 10.2 Å². The number of likely N-dealkylation sites (N-methyl/N-ethyl adjacent to an activating group) is 2. The van der Waals surface area contributed by atoms with E-state index in [1.807, 2.05) is 44.3 Å². The Morgan fingerprint density at radius 2 is 2.00 bits per heavy atom. The second kappa shape index (κ2) is 5.80. The SMILES string of the molecule is CCN(C)CC(NC)(C(N)=O)c1ccccc1. The number of amides is 1. The van der Waals surface area contributed by atoms with Gasteiger partial charge in [0.15, 0.2) is 0 Å². The molecule has 0 fully saturated rings. The van der Waals surface area contributed by atoms with Gasteiger partial charge in [0.05, 0.1) is 0 Å². The van der Waals surface area contributed by atoms with E-state index in [1.54, 1.807) is 7.05 Å². The van der Waals surface area contributed by atoms with Gasteiger partial charge in [-0.15, -0.1) is 0 Å². The van der Waals surface area contributed by atoms with Gasteiger partial charge in [-0.05, 0) is 26.2 Å². The quantitative estimate of drug-likeness (QED) is 0.756. The molecule has 0 aromatic heterocycles. The Morgan fingerprint density at radius 1 is 1.41 bits per heavy atom. The highest BCUT2D eigenvalue weighted by Crippen LogP contribution is 2.21. The van der Waals surface area contributed by atoms with E-state index in [1.165, 1.54) is 0 Å². The van der Waals surface area contributed by atoms with Crippen molar-refractivity contribution in [3.8, 4) is 0 Å². The van der Waals surface area contributed by atoms with Gasteiger partial charge in [0.1, 0.15) is 5.54 Å². The van der Waals surface area contributed by atoms with Crippen LogP contribution in [-0.4, -0.2) is 38.0 Å². The highest BCUT2D eigenvalue weighted by atomic mass is 16.1. The van der Waals surface area contributed by atoms with Crippen LogP contribution in [0, 0.1) is 0 Å². The van der Waals surface area contributed by atoms with Gasteiger partial charge in [0.25, 0.3) is 0 Å². The predicted octanol–water partition coefficient (Wildman–Crippen LogP) is 0.538. The lowest BCUT2D eigenvalue weighted by molar-refractivity contribution is -0.125. The summed E-state index contributed by atoms with van der Waals surface area (Å²) in [6.45, 7) is 3.47. The van der Waals surface area contributed by atoms with E-state index in [0.29, 0.717) is 6.54 Å². The van der Waals surface area contributed by atoms with E-state index in [0.717, 1.165) is 12.1 Å². The van der Waals surface area contributed by atoms with Crippen molar-refractivity contribution in [1.29, 1.82) is 0 Å². The van der Waals surface area contributed by atoms with Crippen molar-refractivity contribution in [1.82, 2.24) is 10.2 Å². The van der Waals surface area contributed by atoms with Crippen LogP contribution < -0.4 is 11.1 Å². The second-order valence-electron chi connectivity index (χ2n) is 4.22. The van der Waals surface area contributed by atoms with Gasteiger partial charge in [-0.25, -0.2) is 0 Å². The monoisotopic (exact) mass is 235 g/mol. The second-order valence-corrected chi connectivity index (χ2v) is 4.22. The summed E-state index contributed by atoms with van der Waals surface area (Å²) in [5, 5.41) is 3.08. The number of nitrogens with one attached hydrogen (secondary N) is 1. The number of nitrogens with two attached hydrogens (primary N) is 1. The molecule has 0 aliphatic rings. The first-order chi connectivity index (χ1) is 8.06. The van der Waals surface area contributed by atoms with Crippen molar-refractivity contribution in [2.24, 2.45) is 5.73 Å². The number of benzene rings is 1. The molecule has 94 valence electrons. The Kier molecular flexibility index (Phi) is 4.66. The van der Waals surface area contributed by atoms with Gasteiger partial charge in [0.2, 0.25) is 5.91 Å². The van der Waals surface area contributed by atoms with Crippen LogP contribution in [0.5, 0.6) is 0 Å². The van der Waals surface area contributed by atoms with Crippen LogP contribution in [0.4, 0.5) is 0 Å². The normalized spacial score (nSPS) is 14.6. The fourth-order valence-corrected chi connectivity index (χ4v) is 1.90. The minimum absolute atomic E-state index is 0.355. The Bertz CT molecular complexity index is 366. The largest absolute Gasteiger partial charge is 0.368 e. The van der Waals surface area contributed by atoms with E-state index in [4.69, 9.17) is 5.73 Å². The molecule has 0 aliphatic carbocycles. The third-order valence-electron chi connectivity index (χ3n) is 3.16. The molecule has 0 saturated heterocycles. The minimum atomic E-state index is -0.827. The Labute approximate surface area is 103 Å². The van der Waals surface area contributed by atoms with Gasteiger partial charge in [-0.3, -0.25) is 4.79 Å². The number of hydrogen-bond acceptors (Lipinski definition) is 3. The van der Waals surface area contributed by atoms with Gasteiger partial charge in [-0.2, -0.15) is 0 Å². The Hall–Kier alpha value is -1.39. The van der Waals surface area contributed by atoms with E-state index >= 15 is 0 Å². The lowest BCUT2D eigenvalue weighted by Gasteiger charge is -2.34. The number of carbonyl (C=O) groups excluding carboxylic acids is 1. The van der Waals surface area contributed by atoms with Crippen molar-refractivity contribution in [2.45, 2.75) is 12.5 Å². The first kappa shape index (κ1) is 13.7. The van der Waals surface area contributed by atoms with Gasteiger partial charge in [0, 0.05) is 6.54 Å². The van der Waals surface area contributed by atoms with Crippen LogP contribution in [0.25, 0.3) is 0 Å². The summed E-state index contributed by atoms with van der Waals surface area (Å²) in [4.78, 5) is 13.9. The molecule has 0 spiro atoms. The van der Waals surface area contributed by atoms with Gasteiger partial charge >= 0.3 is 0 Å². The predicted molar refractivity (Wildman–Crippen MR) is 69.5 cm³/mol. The first-order valence-electron chi connectivity index (χ1n) is 5.79. The zero-order chi connectivity index (χ0) is 12.9. The average Bonchev–Trinajstić information content (AvgIpc) is 2.36. The van der Waals surface area contributed by atoms with Crippen LogP contribution in [0.3, 0.4) is 0 Å². The maximum atomic E-state index is 11.8. The zero-order valence-electron chi connectivity index (χ0n) is 10.7. The van der Waals surface area contributed by atoms with Crippen LogP contribution in [-0.2, 0) is 10.3 Å². The van der Waals surface area contributed by atoms with Gasteiger partial charge < -0.3 is 16.0 Å². The smallest absolute Gasteiger partial charge is 0.243 e. The van der Waals surface area contributed by atoms with Crippen LogP contribution >= 0.6 is 0 Å². The summed E-state index contributed by atoms with van der Waals surface area (Å²) in [6, 6.07) is 9.59. The summed E-state index contributed by atoms with van der Waals surface area (Å²) in [5.41, 5.74) is 5.66. The molecule has 1 atom stereocenters. The Morgan fingerprint density at radius 3 is 2.41 bits per heavy atom. The number of primary amides is 1. The molecule has 4 heteroatoms. The number of hydrogen-bond donors (Lipinski definition) is 2. The van der Waals surface area contributed by atoms with Crippen molar-refractivity contribution >= 4 is 5.91 Å². The van der Waals surface area contributed by atoms with Crippen LogP contribution in [0.2, 0.25) is 0 Å². The molecule has 1 rings (SSSR count). The molecule has 3 N–H and O–H groups in total. The lowest BCUT2D eigenvalue weighted by atomic mass is 9.88. The summed E-state index contributed by atoms with van der Waals surface area (Å²) in [6.07, 6.45) is 0. The first-order valence-corrected chi connectivity index (χ1v) is 5.79. The molecule has 1 aromatic carbocycles. The molecule has 0 bridgehead atoms. The standard InChI is InChI=1S/C13H21N3O/c1-4-16(3)10-13(15-2,12(14)17)11-8-6-5-7-9-11/h5-9,15H,4,10H2,1-3H3,(H2,14,17). The van der Waals surface area contributed by atoms with E-state index in [9.17, 15) is 4.79 Å². The molecule has 1 amide bonds. The Balaban J connectivity index is 3.14. The maximum absolute atomic E-state index is 11.8. The molecule has 0 radical (unpaired) electrons. The van der Waals surface area contributed by atoms with Crippen molar-refractivity contribution in [3.05, 3.63) is 35.9 Å². The zero-order valence-corrected chi connectivity index (χ0v) is 10.7. The fourth-order valence-electron chi connectivity index (χ4n) is 1.90. The molecule has 4 nitrogen and oxygen atoms in total. The lowest BCUT2D eigenvalue weighted by Crippen LogP contribution is -2.57. The van der Waals surface area contributed by atoms with Gasteiger partial charge in [-0.1, -0.05) is 37.3 Å². The molecule has 0 saturated carbocycles. The summed E-state index contributed by atoms with van der Waals surface area (Å²) in [5.74, 6) is -0.355. The third-order valence-corrected chi connectivity index (χ3v) is 3.16. The highest BCUT2D eigenvalue weighted by Gasteiger charge is 2.37. The topological polar surface area (TPSA) is 58.4 Å². The number of carbonyl (C=O) groups is 1. The molecule has 1 unspecified atom stereocenters. The molecule has 1 aromatic rings. The van der Waals surface area contributed by atoms with Crippen LogP contribution in [0.15, 0.2) is 30.3 Å². The number of nitrogens with zero attached hydrogens (tertiary/aromatic N) is 1.